The summed E-state index contributed by atoms with van der Waals surface area (Å²) in [6.45, 7) is 5.40. The summed E-state index contributed by atoms with van der Waals surface area (Å²) in [5, 5.41) is 4.35. The first-order valence-corrected chi connectivity index (χ1v) is 5.98. The smallest absolute Gasteiger partial charge is 0.0524 e. The molecule has 2 N–H and O–H groups in total. The van der Waals surface area contributed by atoms with Crippen LogP contribution in [0.3, 0.4) is 0 Å². The third kappa shape index (κ3) is 2.23. The first-order valence-electron chi connectivity index (χ1n) is 5.98. The van der Waals surface area contributed by atoms with Crippen LogP contribution in [-0.4, -0.2) is 15.8 Å². The largest absolute Gasteiger partial charge is 0.328 e. The van der Waals surface area contributed by atoms with Crippen LogP contribution in [0.25, 0.3) is 0 Å². The fourth-order valence-corrected chi connectivity index (χ4v) is 2.56. The number of aryl methyl sites for hydroxylation is 1. The van der Waals surface area contributed by atoms with E-state index in [4.69, 9.17) is 5.73 Å². The van der Waals surface area contributed by atoms with Crippen molar-refractivity contribution in [1.82, 2.24) is 9.78 Å². The number of nitrogens with two attached hydrogens (primary N) is 1. The van der Waals surface area contributed by atoms with Gasteiger partial charge in [0.15, 0.2) is 0 Å². The van der Waals surface area contributed by atoms with Crippen LogP contribution in [-0.2, 0) is 6.54 Å². The summed E-state index contributed by atoms with van der Waals surface area (Å²) in [6, 6.07) is 0.385. The lowest BCUT2D eigenvalue weighted by Crippen LogP contribution is -2.30. The van der Waals surface area contributed by atoms with Gasteiger partial charge in [-0.25, -0.2) is 0 Å². The van der Waals surface area contributed by atoms with Crippen LogP contribution in [0.1, 0.15) is 44.6 Å². The highest BCUT2D eigenvalue weighted by atomic mass is 15.3. The Bertz CT molecular complexity index is 318. The lowest BCUT2D eigenvalue weighted by atomic mass is 9.75. The van der Waals surface area contributed by atoms with Crippen molar-refractivity contribution in [2.75, 3.05) is 0 Å². The predicted molar refractivity (Wildman–Crippen MR) is 61.6 cm³/mol. The van der Waals surface area contributed by atoms with Crippen molar-refractivity contribution >= 4 is 0 Å². The maximum absolute atomic E-state index is 6.04. The molecule has 3 heteroatoms. The molecule has 1 heterocycles. The Hall–Kier alpha value is -0.830. The lowest BCUT2D eigenvalue weighted by Gasteiger charge is -2.31. The summed E-state index contributed by atoms with van der Waals surface area (Å²) in [5.74, 6) is 1.37. The van der Waals surface area contributed by atoms with E-state index in [1.54, 1.807) is 0 Å². The molecular weight excluding hydrogens is 186 g/mol. The molecule has 0 radical (unpaired) electrons. The van der Waals surface area contributed by atoms with E-state index in [0.29, 0.717) is 12.0 Å². The van der Waals surface area contributed by atoms with Crippen LogP contribution in [0.15, 0.2) is 12.4 Å². The molecule has 1 saturated carbocycles. The molecule has 15 heavy (non-hydrogen) atoms. The average Bonchev–Trinajstić information content (AvgIpc) is 2.70. The van der Waals surface area contributed by atoms with E-state index in [-0.39, 0.29) is 0 Å². The maximum atomic E-state index is 6.04. The Morgan fingerprint density at radius 2 is 2.33 bits per heavy atom. The molecule has 3 atom stereocenters. The van der Waals surface area contributed by atoms with E-state index < -0.39 is 0 Å². The van der Waals surface area contributed by atoms with Gasteiger partial charge in [-0.15, -0.1) is 0 Å². The summed E-state index contributed by atoms with van der Waals surface area (Å²) < 4.78 is 2.00. The first kappa shape index (κ1) is 10.7. The molecule has 0 saturated heterocycles. The van der Waals surface area contributed by atoms with Gasteiger partial charge in [-0.2, -0.15) is 5.10 Å². The first-order chi connectivity index (χ1) is 7.20. The van der Waals surface area contributed by atoms with Gasteiger partial charge in [0.05, 0.1) is 6.20 Å². The number of hydrogen-bond acceptors (Lipinski definition) is 2. The second-order valence-corrected chi connectivity index (χ2v) is 4.79. The fourth-order valence-electron chi connectivity index (χ4n) is 2.56. The molecule has 0 aliphatic heterocycles. The van der Waals surface area contributed by atoms with E-state index in [1.807, 2.05) is 10.9 Å². The SMILES string of the molecule is CCn1cc(C2CC(N)CCC2C)cn1. The van der Waals surface area contributed by atoms with Crippen LogP contribution in [0.4, 0.5) is 0 Å². The number of rotatable bonds is 2. The zero-order valence-corrected chi connectivity index (χ0v) is 9.69. The molecule has 0 spiro atoms. The van der Waals surface area contributed by atoms with Crippen molar-refractivity contribution in [2.24, 2.45) is 11.7 Å². The van der Waals surface area contributed by atoms with Gasteiger partial charge < -0.3 is 5.73 Å². The molecule has 0 amide bonds. The molecule has 1 aliphatic rings. The zero-order valence-electron chi connectivity index (χ0n) is 9.69. The van der Waals surface area contributed by atoms with E-state index in [2.05, 4.69) is 25.1 Å². The Morgan fingerprint density at radius 1 is 1.53 bits per heavy atom. The van der Waals surface area contributed by atoms with Crippen LogP contribution in [0.5, 0.6) is 0 Å². The molecule has 0 bridgehead atoms. The molecule has 1 fully saturated rings. The van der Waals surface area contributed by atoms with Gasteiger partial charge in [0, 0.05) is 18.8 Å². The highest BCUT2D eigenvalue weighted by molar-refractivity contribution is 5.14. The maximum Gasteiger partial charge on any atom is 0.0524 e. The molecule has 1 aromatic rings. The zero-order chi connectivity index (χ0) is 10.8. The highest BCUT2D eigenvalue weighted by Crippen LogP contribution is 2.36. The summed E-state index contributed by atoms with van der Waals surface area (Å²) in [7, 11) is 0. The number of hydrogen-bond donors (Lipinski definition) is 1. The second-order valence-electron chi connectivity index (χ2n) is 4.79. The Kier molecular flexibility index (Phi) is 3.10. The monoisotopic (exact) mass is 207 g/mol. The van der Waals surface area contributed by atoms with Crippen LogP contribution >= 0.6 is 0 Å². The summed E-state index contributed by atoms with van der Waals surface area (Å²) >= 11 is 0. The molecule has 1 aliphatic carbocycles. The molecule has 3 nitrogen and oxygen atoms in total. The molecule has 1 aromatic heterocycles. The normalized spacial score (nSPS) is 31.8. The molecule has 84 valence electrons. The molecule has 0 aromatic carbocycles. The standard InChI is InChI=1S/C12H21N3/c1-3-15-8-10(7-14-15)12-6-11(13)5-4-9(12)2/h7-9,11-12H,3-6,13H2,1-2H3. The molecule has 3 unspecified atom stereocenters. The van der Waals surface area contributed by atoms with Crippen molar-refractivity contribution in [1.29, 1.82) is 0 Å². The second kappa shape index (κ2) is 4.35. The Morgan fingerprint density at radius 3 is 3.00 bits per heavy atom. The van der Waals surface area contributed by atoms with Crippen LogP contribution in [0.2, 0.25) is 0 Å². The number of aromatic nitrogens is 2. The van der Waals surface area contributed by atoms with Crippen molar-refractivity contribution in [3.63, 3.8) is 0 Å². The van der Waals surface area contributed by atoms with Crippen molar-refractivity contribution in [2.45, 2.75) is 51.6 Å². The lowest BCUT2D eigenvalue weighted by molar-refractivity contribution is 0.300. The van der Waals surface area contributed by atoms with Gasteiger partial charge in [-0.05, 0) is 43.6 Å². The van der Waals surface area contributed by atoms with E-state index in [1.165, 1.54) is 18.4 Å². The summed E-state index contributed by atoms with van der Waals surface area (Å²) in [6.07, 6.45) is 7.75. The minimum Gasteiger partial charge on any atom is -0.328 e. The van der Waals surface area contributed by atoms with Gasteiger partial charge >= 0.3 is 0 Å². The van der Waals surface area contributed by atoms with E-state index >= 15 is 0 Å². The predicted octanol–water partition coefficient (Wildman–Crippen LogP) is 2.13. The third-order valence-corrected chi connectivity index (χ3v) is 3.64. The van der Waals surface area contributed by atoms with E-state index in [9.17, 15) is 0 Å². The molecular formula is C12H21N3. The average molecular weight is 207 g/mol. The summed E-state index contributed by atoms with van der Waals surface area (Å²) in [5.41, 5.74) is 7.41. The minimum atomic E-state index is 0.385. The Labute approximate surface area is 91.7 Å². The van der Waals surface area contributed by atoms with Crippen molar-refractivity contribution in [3.8, 4) is 0 Å². The van der Waals surface area contributed by atoms with Gasteiger partial charge in [-0.3, -0.25) is 4.68 Å². The van der Waals surface area contributed by atoms with Gasteiger partial charge in [-0.1, -0.05) is 6.92 Å². The molecule has 2 rings (SSSR count). The third-order valence-electron chi connectivity index (χ3n) is 3.64. The minimum absolute atomic E-state index is 0.385. The van der Waals surface area contributed by atoms with E-state index in [0.717, 1.165) is 18.9 Å². The van der Waals surface area contributed by atoms with Crippen LogP contribution < -0.4 is 5.73 Å². The van der Waals surface area contributed by atoms with Gasteiger partial charge in [0.1, 0.15) is 0 Å². The van der Waals surface area contributed by atoms with Crippen molar-refractivity contribution < 1.29 is 0 Å². The quantitative estimate of drug-likeness (QED) is 0.807. The highest BCUT2D eigenvalue weighted by Gasteiger charge is 2.27. The Balaban J connectivity index is 2.13. The summed E-state index contributed by atoms with van der Waals surface area (Å²) in [4.78, 5) is 0. The number of nitrogens with zero attached hydrogens (tertiary/aromatic N) is 2. The van der Waals surface area contributed by atoms with Gasteiger partial charge in [0.25, 0.3) is 0 Å². The van der Waals surface area contributed by atoms with Gasteiger partial charge in [0.2, 0.25) is 0 Å². The van der Waals surface area contributed by atoms with Crippen LogP contribution in [0, 0.1) is 5.92 Å². The fraction of sp³-hybridized carbons (Fsp3) is 0.750. The topological polar surface area (TPSA) is 43.8 Å². The van der Waals surface area contributed by atoms with Crippen molar-refractivity contribution in [3.05, 3.63) is 18.0 Å².